The van der Waals surface area contributed by atoms with Crippen LogP contribution < -0.4 is 0 Å². The molecule has 2 amide bonds. The van der Waals surface area contributed by atoms with Crippen molar-refractivity contribution >= 4 is 29.0 Å². The average molecular weight is 419 g/mol. The number of carbonyl (C=O) groups excluding carboxylic acids is 3. The number of carbonyl (C=O) groups is 3. The summed E-state index contributed by atoms with van der Waals surface area (Å²) >= 11 is 0. The zero-order valence-electron chi connectivity index (χ0n) is 17.6. The summed E-state index contributed by atoms with van der Waals surface area (Å²) in [6, 6.07) is 15.6. The molecule has 0 spiro atoms. The standard InChI is InChI=1S/C23H21N3O3.CH4O/c1-24-13-21(28)25-11-18(23(24)29)22-17-4-2-3-5-19(17)26(20(22)12-25)10-15-6-8-16(14-27)9-7-15;1-2/h2-9,14,18H,10-13H2,1H3;2H,1H3. The Kier molecular flexibility index (Phi) is 5.61. The Hall–Kier alpha value is -3.45. The molecule has 3 heterocycles. The Balaban J connectivity index is 0.00000112. The van der Waals surface area contributed by atoms with Crippen molar-refractivity contribution in [3.8, 4) is 0 Å². The lowest BCUT2D eigenvalue weighted by Crippen LogP contribution is -2.38. The molecule has 2 aliphatic heterocycles. The van der Waals surface area contributed by atoms with Crippen LogP contribution >= 0.6 is 0 Å². The molecule has 2 aliphatic rings. The van der Waals surface area contributed by atoms with Gasteiger partial charge < -0.3 is 19.5 Å². The Morgan fingerprint density at radius 1 is 1.03 bits per heavy atom. The molecule has 160 valence electrons. The molecule has 0 radical (unpaired) electrons. The summed E-state index contributed by atoms with van der Waals surface area (Å²) in [5, 5.41) is 8.08. The van der Waals surface area contributed by atoms with E-state index in [4.69, 9.17) is 5.11 Å². The summed E-state index contributed by atoms with van der Waals surface area (Å²) in [4.78, 5) is 40.0. The van der Waals surface area contributed by atoms with Crippen molar-refractivity contribution in [1.82, 2.24) is 14.4 Å². The number of para-hydroxylation sites is 1. The highest BCUT2D eigenvalue weighted by Crippen LogP contribution is 2.39. The normalized spacial score (nSPS) is 17.7. The molecule has 7 nitrogen and oxygen atoms in total. The van der Waals surface area contributed by atoms with Gasteiger partial charge in [0, 0.05) is 49.4 Å². The van der Waals surface area contributed by atoms with E-state index in [0.717, 1.165) is 41.1 Å². The Bertz CT molecular complexity index is 1150. The van der Waals surface area contributed by atoms with Crippen molar-refractivity contribution in [3.63, 3.8) is 0 Å². The fraction of sp³-hybridized carbons (Fsp3) is 0.292. The van der Waals surface area contributed by atoms with Gasteiger partial charge in [0.1, 0.15) is 6.29 Å². The summed E-state index contributed by atoms with van der Waals surface area (Å²) in [7, 11) is 2.70. The first-order chi connectivity index (χ1) is 15.1. The van der Waals surface area contributed by atoms with Crippen LogP contribution in [-0.2, 0) is 22.7 Å². The Morgan fingerprint density at radius 2 is 1.74 bits per heavy atom. The van der Waals surface area contributed by atoms with Crippen LogP contribution in [0.2, 0.25) is 0 Å². The summed E-state index contributed by atoms with van der Waals surface area (Å²) in [5.74, 6) is -0.347. The van der Waals surface area contributed by atoms with Crippen molar-refractivity contribution < 1.29 is 19.5 Å². The van der Waals surface area contributed by atoms with Gasteiger partial charge in [0.15, 0.2) is 0 Å². The van der Waals surface area contributed by atoms with E-state index >= 15 is 0 Å². The van der Waals surface area contributed by atoms with Gasteiger partial charge in [-0.05, 0) is 17.2 Å². The van der Waals surface area contributed by atoms with Crippen LogP contribution in [0.3, 0.4) is 0 Å². The minimum Gasteiger partial charge on any atom is -0.400 e. The van der Waals surface area contributed by atoms with Gasteiger partial charge in [0.2, 0.25) is 11.8 Å². The van der Waals surface area contributed by atoms with E-state index in [1.165, 1.54) is 0 Å². The molecule has 1 fully saturated rings. The number of aldehydes is 1. The molecule has 0 saturated carbocycles. The third-order valence-corrected chi connectivity index (χ3v) is 6.07. The molecule has 2 aromatic carbocycles. The molecular formula is C24H25N3O4. The van der Waals surface area contributed by atoms with Crippen molar-refractivity contribution in [2.24, 2.45) is 0 Å². The topological polar surface area (TPSA) is 82.9 Å². The summed E-state index contributed by atoms with van der Waals surface area (Å²) < 4.78 is 2.21. The van der Waals surface area contributed by atoms with Crippen molar-refractivity contribution in [3.05, 3.63) is 70.9 Å². The van der Waals surface area contributed by atoms with Gasteiger partial charge in [-0.3, -0.25) is 14.4 Å². The second-order valence-corrected chi connectivity index (χ2v) is 7.84. The molecule has 2 bridgehead atoms. The molecule has 0 aliphatic carbocycles. The molecule has 1 saturated heterocycles. The van der Waals surface area contributed by atoms with E-state index in [-0.39, 0.29) is 24.3 Å². The number of aromatic nitrogens is 1. The van der Waals surface area contributed by atoms with E-state index in [9.17, 15) is 14.4 Å². The van der Waals surface area contributed by atoms with Crippen LogP contribution in [0, 0.1) is 0 Å². The Morgan fingerprint density at radius 3 is 2.45 bits per heavy atom. The maximum absolute atomic E-state index is 13.1. The van der Waals surface area contributed by atoms with Gasteiger partial charge in [0.25, 0.3) is 0 Å². The third-order valence-electron chi connectivity index (χ3n) is 6.07. The van der Waals surface area contributed by atoms with E-state index in [2.05, 4.69) is 16.7 Å². The number of hydrogen-bond donors (Lipinski definition) is 1. The molecule has 7 heteroatoms. The van der Waals surface area contributed by atoms with Crippen molar-refractivity contribution in [2.45, 2.75) is 19.0 Å². The van der Waals surface area contributed by atoms with Crippen LogP contribution in [-0.4, -0.2) is 64.8 Å². The van der Waals surface area contributed by atoms with Gasteiger partial charge in [-0.25, -0.2) is 0 Å². The van der Waals surface area contributed by atoms with Gasteiger partial charge in [-0.2, -0.15) is 0 Å². The number of hydrogen-bond acceptors (Lipinski definition) is 4. The summed E-state index contributed by atoms with van der Waals surface area (Å²) in [5.41, 5.74) is 4.85. The lowest BCUT2D eigenvalue weighted by molar-refractivity contribution is -0.135. The quantitative estimate of drug-likeness (QED) is 0.659. The SMILES string of the molecule is CN1CC(=O)N2Cc3c(c4ccccc4n3Cc3ccc(C=O)cc3)C(C2)C1=O.CO. The highest BCUT2D eigenvalue weighted by atomic mass is 16.2. The number of aliphatic hydroxyl groups is 1. The van der Waals surface area contributed by atoms with Gasteiger partial charge in [0.05, 0.1) is 19.0 Å². The molecule has 1 atom stereocenters. The summed E-state index contributed by atoms with van der Waals surface area (Å²) in [6.45, 7) is 1.70. The maximum Gasteiger partial charge on any atom is 0.242 e. The van der Waals surface area contributed by atoms with E-state index in [1.54, 1.807) is 16.8 Å². The smallest absolute Gasteiger partial charge is 0.242 e. The second kappa shape index (κ2) is 8.35. The molecule has 1 aromatic heterocycles. The molecule has 5 rings (SSSR count). The molecular weight excluding hydrogens is 394 g/mol. The van der Waals surface area contributed by atoms with Gasteiger partial charge in [-0.1, -0.05) is 42.5 Å². The number of benzene rings is 2. The van der Waals surface area contributed by atoms with Crippen molar-refractivity contribution in [2.75, 3.05) is 27.2 Å². The fourth-order valence-electron chi connectivity index (χ4n) is 4.60. The molecule has 3 aromatic rings. The van der Waals surface area contributed by atoms with Crippen LogP contribution in [0.15, 0.2) is 48.5 Å². The number of fused-ring (bicyclic) bond motifs is 6. The first-order valence-corrected chi connectivity index (χ1v) is 10.2. The van der Waals surface area contributed by atoms with Crippen LogP contribution in [0.4, 0.5) is 0 Å². The number of nitrogens with zero attached hydrogens (tertiary/aromatic N) is 3. The van der Waals surface area contributed by atoms with Gasteiger partial charge in [-0.15, -0.1) is 0 Å². The highest BCUT2D eigenvalue weighted by molar-refractivity contribution is 5.97. The second-order valence-electron chi connectivity index (χ2n) is 7.84. The van der Waals surface area contributed by atoms with Crippen molar-refractivity contribution in [1.29, 1.82) is 0 Å². The van der Waals surface area contributed by atoms with Crippen LogP contribution in [0.5, 0.6) is 0 Å². The molecule has 31 heavy (non-hydrogen) atoms. The first kappa shape index (κ1) is 20.8. The maximum atomic E-state index is 13.1. The Labute approximate surface area is 180 Å². The largest absolute Gasteiger partial charge is 0.400 e. The predicted molar refractivity (Wildman–Crippen MR) is 117 cm³/mol. The predicted octanol–water partition coefficient (Wildman–Crippen LogP) is 2.01. The number of likely N-dealkylation sites (N-methyl/N-ethyl adjacent to an activating group) is 1. The van der Waals surface area contributed by atoms with Crippen LogP contribution in [0.1, 0.15) is 33.1 Å². The van der Waals surface area contributed by atoms with E-state index in [0.29, 0.717) is 25.2 Å². The molecule has 1 unspecified atom stereocenters. The summed E-state index contributed by atoms with van der Waals surface area (Å²) in [6.07, 6.45) is 0.836. The number of amides is 2. The van der Waals surface area contributed by atoms with E-state index < -0.39 is 0 Å². The lowest BCUT2D eigenvalue weighted by Gasteiger charge is -2.30. The lowest BCUT2D eigenvalue weighted by atomic mass is 9.91. The zero-order chi connectivity index (χ0) is 22.1. The highest BCUT2D eigenvalue weighted by Gasteiger charge is 2.41. The minimum absolute atomic E-state index is 0.0000361. The fourth-order valence-corrected chi connectivity index (χ4v) is 4.60. The van der Waals surface area contributed by atoms with Crippen LogP contribution in [0.25, 0.3) is 10.9 Å². The minimum atomic E-state index is -0.334. The first-order valence-electron chi connectivity index (χ1n) is 10.2. The third kappa shape index (κ3) is 3.51. The zero-order valence-corrected chi connectivity index (χ0v) is 17.6. The molecule has 1 N–H and O–H groups in total. The monoisotopic (exact) mass is 419 g/mol. The number of rotatable bonds is 3. The van der Waals surface area contributed by atoms with E-state index in [1.807, 2.05) is 36.4 Å². The average Bonchev–Trinajstić information content (AvgIpc) is 3.09. The number of aliphatic hydroxyl groups excluding tert-OH is 1. The van der Waals surface area contributed by atoms with Gasteiger partial charge >= 0.3 is 0 Å².